The number of anilines is 1. The molecule has 2 aromatic rings. The molecule has 4 fully saturated rings. The van der Waals surface area contributed by atoms with E-state index in [0.717, 1.165) is 37.3 Å². The largest absolute Gasteiger partial charge is 0.496 e. The first kappa shape index (κ1) is 29.8. The van der Waals surface area contributed by atoms with Gasteiger partial charge < -0.3 is 25.3 Å². The minimum absolute atomic E-state index is 0.0950. The third-order valence-corrected chi connectivity index (χ3v) is 10.0. The normalized spacial score (nSPS) is 31.0. The number of aliphatic hydroxyl groups excluding tert-OH is 1. The topological polar surface area (TPSA) is 109 Å². The lowest BCUT2D eigenvalue weighted by molar-refractivity contribution is -0.140. The van der Waals surface area contributed by atoms with Crippen molar-refractivity contribution >= 4 is 23.2 Å². The smallest absolute Gasteiger partial charge is 0.419 e. The number of fused-ring (bicyclic) bond motifs is 3. The van der Waals surface area contributed by atoms with Crippen LogP contribution < -0.4 is 15.4 Å². The van der Waals surface area contributed by atoms with Crippen LogP contribution in [0.5, 0.6) is 5.75 Å². The number of hydrogen-bond acceptors (Lipinski definition) is 6. The van der Waals surface area contributed by atoms with Gasteiger partial charge >= 0.3 is 6.18 Å². The second kappa shape index (κ2) is 11.1. The average molecular weight is 628 g/mol. The first-order valence-corrected chi connectivity index (χ1v) is 15.3. The minimum atomic E-state index is -4.92. The number of alkyl halides is 3. The van der Waals surface area contributed by atoms with Crippen molar-refractivity contribution < 1.29 is 41.8 Å². The van der Waals surface area contributed by atoms with Gasteiger partial charge in [-0.15, -0.1) is 0 Å². The SMILES string of the molecule is COc1ccc(C2=NO[C@H]3[C@@H](O)CC[C@@H]23)cc1C(=O)N[C@@H]1C2CCC(/C2=C/C2CC2)[C@@H]1C(=O)Nc1ccc(F)c(C(F)(F)F)c1. The van der Waals surface area contributed by atoms with Crippen molar-refractivity contribution in [3.05, 3.63) is 70.6 Å². The molecule has 2 aromatic carbocycles. The number of oxime groups is 1. The van der Waals surface area contributed by atoms with Gasteiger partial charge in [-0.2, -0.15) is 13.2 Å². The number of allylic oxidation sites excluding steroid dienone is 1. The zero-order valence-electron chi connectivity index (χ0n) is 24.4. The second-order valence-electron chi connectivity index (χ2n) is 12.7. The lowest BCUT2D eigenvalue weighted by Gasteiger charge is -2.30. The van der Waals surface area contributed by atoms with Crippen molar-refractivity contribution in [2.24, 2.45) is 34.7 Å². The van der Waals surface area contributed by atoms with E-state index in [0.29, 0.717) is 47.9 Å². The number of methoxy groups -OCH3 is 1. The molecule has 5 aliphatic rings. The van der Waals surface area contributed by atoms with Crippen molar-refractivity contribution in [1.82, 2.24) is 5.32 Å². The Bertz CT molecular complexity index is 1600. The van der Waals surface area contributed by atoms with Gasteiger partial charge in [-0.3, -0.25) is 9.59 Å². The Morgan fingerprint density at radius 1 is 1.02 bits per heavy atom. The van der Waals surface area contributed by atoms with Crippen molar-refractivity contribution in [3.63, 3.8) is 0 Å². The Morgan fingerprint density at radius 2 is 1.78 bits per heavy atom. The van der Waals surface area contributed by atoms with Crippen molar-refractivity contribution in [3.8, 4) is 5.75 Å². The predicted octanol–water partition coefficient (Wildman–Crippen LogP) is 5.46. The van der Waals surface area contributed by atoms with Crippen LogP contribution in [0.2, 0.25) is 0 Å². The number of ether oxygens (including phenoxy) is 1. The van der Waals surface area contributed by atoms with Gasteiger partial charge in [0.1, 0.15) is 11.6 Å². The number of rotatable bonds is 7. The monoisotopic (exact) mass is 627 g/mol. The highest BCUT2D eigenvalue weighted by Gasteiger charge is 2.55. The molecule has 0 aromatic heterocycles. The molecule has 7 atom stereocenters. The van der Waals surface area contributed by atoms with Gasteiger partial charge in [-0.1, -0.05) is 16.8 Å². The lowest BCUT2D eigenvalue weighted by atomic mass is 9.83. The van der Waals surface area contributed by atoms with E-state index < -0.39 is 53.5 Å². The van der Waals surface area contributed by atoms with Crippen molar-refractivity contribution in [2.45, 2.75) is 63.0 Å². The molecule has 1 heterocycles. The molecule has 4 saturated carbocycles. The molecule has 2 unspecified atom stereocenters. The van der Waals surface area contributed by atoms with Crippen molar-refractivity contribution in [1.29, 1.82) is 0 Å². The minimum Gasteiger partial charge on any atom is -0.496 e. The summed E-state index contributed by atoms with van der Waals surface area (Å²) in [5.74, 6) is -2.77. The zero-order valence-corrected chi connectivity index (χ0v) is 24.4. The molecule has 7 rings (SSSR count). The summed E-state index contributed by atoms with van der Waals surface area (Å²) in [6.07, 6.45) is 1.17. The fraction of sp³-hybridized carbons (Fsp3) is 0.485. The zero-order chi connectivity index (χ0) is 31.6. The van der Waals surface area contributed by atoms with Crippen LogP contribution in [0.4, 0.5) is 23.2 Å². The van der Waals surface area contributed by atoms with E-state index in [9.17, 15) is 32.3 Å². The molecular weight excluding hydrogens is 594 g/mol. The summed E-state index contributed by atoms with van der Waals surface area (Å²) < 4.78 is 59.5. The van der Waals surface area contributed by atoms with Crippen LogP contribution in [0.1, 0.15) is 60.0 Å². The molecule has 1 aliphatic heterocycles. The number of hydrogen-bond donors (Lipinski definition) is 3. The van der Waals surface area contributed by atoms with Crippen LogP contribution in [0.25, 0.3) is 0 Å². The van der Waals surface area contributed by atoms with Crippen molar-refractivity contribution in [2.75, 3.05) is 12.4 Å². The van der Waals surface area contributed by atoms with E-state index >= 15 is 0 Å². The summed E-state index contributed by atoms with van der Waals surface area (Å²) >= 11 is 0. The molecule has 0 saturated heterocycles. The molecule has 8 nitrogen and oxygen atoms in total. The number of aliphatic hydroxyl groups is 1. The first-order valence-electron chi connectivity index (χ1n) is 15.3. The van der Waals surface area contributed by atoms with Crippen LogP contribution >= 0.6 is 0 Å². The molecule has 2 amide bonds. The number of amides is 2. The maximum Gasteiger partial charge on any atom is 0.419 e. The van der Waals surface area contributed by atoms with Gasteiger partial charge in [0, 0.05) is 29.1 Å². The Hall–Kier alpha value is -3.93. The average Bonchev–Trinajstić information content (AvgIpc) is 3.29. The van der Waals surface area contributed by atoms with E-state index in [4.69, 9.17) is 9.57 Å². The number of nitrogens with one attached hydrogen (secondary N) is 2. The molecular formula is C33H33F4N3O5. The summed E-state index contributed by atoms with van der Waals surface area (Å²) in [4.78, 5) is 33.2. The van der Waals surface area contributed by atoms with Gasteiger partial charge in [0.25, 0.3) is 5.91 Å². The van der Waals surface area contributed by atoms with Gasteiger partial charge in [0.2, 0.25) is 5.91 Å². The van der Waals surface area contributed by atoms with Crippen LogP contribution in [0.3, 0.4) is 0 Å². The van der Waals surface area contributed by atoms with E-state index in [2.05, 4.69) is 21.9 Å². The van der Waals surface area contributed by atoms with Crippen LogP contribution in [-0.2, 0) is 15.8 Å². The summed E-state index contributed by atoms with van der Waals surface area (Å²) in [5, 5.41) is 20.1. The Labute approximate surface area is 256 Å². The summed E-state index contributed by atoms with van der Waals surface area (Å²) in [7, 11) is 1.45. The highest BCUT2D eigenvalue weighted by molar-refractivity contribution is 6.06. The van der Waals surface area contributed by atoms with Gasteiger partial charge in [0.05, 0.1) is 36.0 Å². The summed E-state index contributed by atoms with van der Waals surface area (Å²) in [5.41, 5.74) is 1.03. The highest BCUT2D eigenvalue weighted by atomic mass is 19.4. The highest BCUT2D eigenvalue weighted by Crippen LogP contribution is 2.54. The lowest BCUT2D eigenvalue weighted by Crippen LogP contribution is -2.48. The van der Waals surface area contributed by atoms with E-state index in [1.807, 2.05) is 0 Å². The number of benzene rings is 2. The number of carbonyl (C=O) groups excluding carboxylic acids is 2. The van der Waals surface area contributed by atoms with E-state index in [1.165, 1.54) is 7.11 Å². The second-order valence-corrected chi connectivity index (χ2v) is 12.7. The molecule has 238 valence electrons. The Balaban J connectivity index is 1.17. The molecule has 0 radical (unpaired) electrons. The standard InChI is InChI=1S/C33H33F4N3O5/c1-44-26-11-4-16(28-20-8-10-25(41)30(20)45-40-28)13-22(26)31(42)39-29-19-7-6-18(21(19)12-15-2-3-15)27(29)32(43)38-17-5-9-24(34)23(14-17)33(35,36)37/h4-5,9,11-15,18-20,25,27,29-30,41H,2-3,6-8,10H2,1H3,(H,38,43)(H,39,42)/b21-12-/t18?,19?,20-,25-,27-,29+,30+/m0/s1. The third-order valence-electron chi connectivity index (χ3n) is 10.0. The van der Waals surface area contributed by atoms with Crippen LogP contribution in [0.15, 0.2) is 53.2 Å². The summed E-state index contributed by atoms with van der Waals surface area (Å²) in [6.45, 7) is 0. The number of nitrogens with zero attached hydrogens (tertiary/aromatic N) is 1. The number of carbonyl (C=O) groups is 2. The molecule has 4 aliphatic carbocycles. The fourth-order valence-electron chi connectivity index (χ4n) is 7.72. The number of halogens is 4. The maximum absolute atomic E-state index is 13.9. The molecule has 2 bridgehead atoms. The molecule has 45 heavy (non-hydrogen) atoms. The van der Waals surface area contributed by atoms with Gasteiger partial charge in [0.15, 0.2) is 6.10 Å². The first-order chi connectivity index (χ1) is 21.5. The molecule has 0 spiro atoms. The fourth-order valence-corrected chi connectivity index (χ4v) is 7.72. The van der Waals surface area contributed by atoms with Gasteiger partial charge in [-0.25, -0.2) is 4.39 Å². The van der Waals surface area contributed by atoms with E-state index in [1.54, 1.807) is 18.2 Å². The summed E-state index contributed by atoms with van der Waals surface area (Å²) in [6, 6.07) is 6.89. The van der Waals surface area contributed by atoms with Gasteiger partial charge in [-0.05, 0) is 86.8 Å². The predicted molar refractivity (Wildman–Crippen MR) is 155 cm³/mol. The van der Waals surface area contributed by atoms with Crippen LogP contribution in [0, 0.1) is 35.4 Å². The Kier molecular flexibility index (Phi) is 7.37. The maximum atomic E-state index is 13.9. The van der Waals surface area contributed by atoms with E-state index in [-0.39, 0.29) is 29.0 Å². The Morgan fingerprint density at radius 3 is 2.51 bits per heavy atom. The third kappa shape index (κ3) is 5.36. The molecule has 12 heteroatoms. The van der Waals surface area contributed by atoms with Crippen LogP contribution in [-0.4, -0.2) is 48.0 Å². The molecule has 3 N–H and O–H groups in total. The quantitative estimate of drug-likeness (QED) is 0.279.